The Hall–Kier alpha value is -6.21. The zero-order valence-electron chi connectivity index (χ0n) is 27.0. The number of allylic oxidation sites excluding steroid dienone is 3. The molecule has 0 atom stereocenters. The highest BCUT2D eigenvalue weighted by Crippen LogP contribution is 2.35. The van der Waals surface area contributed by atoms with Crippen molar-refractivity contribution in [2.75, 3.05) is 0 Å². The maximum absolute atomic E-state index is 5.24. The van der Waals surface area contributed by atoms with E-state index in [1.54, 1.807) is 12.4 Å². The Labute approximate surface area is 278 Å². The minimum Gasteiger partial charge on any atom is -0.281 e. The van der Waals surface area contributed by atoms with E-state index in [1.165, 1.54) is 11.1 Å². The van der Waals surface area contributed by atoms with Gasteiger partial charge in [0.15, 0.2) is 11.6 Å². The van der Waals surface area contributed by atoms with Crippen LogP contribution in [0, 0.1) is 0 Å². The second-order valence-electron chi connectivity index (χ2n) is 11.5. The van der Waals surface area contributed by atoms with Crippen molar-refractivity contribution < 1.29 is 0 Å². The molecule has 0 fully saturated rings. The first-order valence-electron chi connectivity index (χ1n) is 16.3. The first-order valence-corrected chi connectivity index (χ1v) is 16.3. The van der Waals surface area contributed by atoms with Gasteiger partial charge in [-0.2, -0.15) is 15.0 Å². The van der Waals surface area contributed by atoms with Gasteiger partial charge in [-0.1, -0.05) is 123 Å². The Bertz CT molecular complexity index is 2450. The van der Waals surface area contributed by atoms with Crippen LogP contribution in [0.25, 0.3) is 73.5 Å². The Morgan fingerprint density at radius 1 is 0.521 bits per heavy atom. The largest absolute Gasteiger partial charge is 0.281 e. The molecule has 7 heteroatoms. The van der Waals surface area contributed by atoms with E-state index in [9.17, 15) is 0 Å². The van der Waals surface area contributed by atoms with Gasteiger partial charge in [0.05, 0.1) is 22.1 Å². The van der Waals surface area contributed by atoms with Crippen LogP contribution in [-0.2, 0) is 6.42 Å². The van der Waals surface area contributed by atoms with E-state index in [2.05, 4.69) is 107 Å². The van der Waals surface area contributed by atoms with E-state index >= 15 is 0 Å². The minimum atomic E-state index is 0.504. The number of hydrogen-bond acceptors (Lipinski definition) is 5. The van der Waals surface area contributed by atoms with E-state index in [4.69, 9.17) is 24.9 Å². The van der Waals surface area contributed by atoms with Gasteiger partial charge in [0, 0.05) is 51.8 Å². The van der Waals surface area contributed by atoms with E-state index in [0.29, 0.717) is 29.1 Å². The predicted octanol–water partition coefficient (Wildman–Crippen LogP) is 9.58. The Kier molecular flexibility index (Phi) is 7.42. The van der Waals surface area contributed by atoms with E-state index in [-0.39, 0.29) is 0 Å². The SMILES string of the molecule is CC.CC1=CCc2c(c3ccccc3n2-c2nc(-c3cnc(-c4ccccc4)nc3)nc(-n3c4ccccc4c4ccccc43)n2)C=C1. The number of rotatable bonds is 4. The second kappa shape index (κ2) is 12.2. The van der Waals surface area contributed by atoms with Gasteiger partial charge in [-0.25, -0.2) is 9.97 Å². The van der Waals surface area contributed by atoms with Crippen molar-refractivity contribution >= 4 is 38.8 Å². The lowest BCUT2D eigenvalue weighted by atomic mass is 10.1. The number of nitrogens with zero attached hydrogens (tertiary/aromatic N) is 7. The van der Waals surface area contributed by atoms with Crippen molar-refractivity contribution in [2.24, 2.45) is 0 Å². The average Bonchev–Trinajstić information content (AvgIpc) is 3.59. The molecule has 7 nitrogen and oxygen atoms in total. The summed E-state index contributed by atoms with van der Waals surface area (Å²) in [6.07, 6.45) is 11.0. The van der Waals surface area contributed by atoms with Crippen LogP contribution in [0.3, 0.4) is 0 Å². The minimum absolute atomic E-state index is 0.504. The zero-order valence-corrected chi connectivity index (χ0v) is 27.0. The first-order chi connectivity index (χ1) is 23.7. The van der Waals surface area contributed by atoms with Crippen molar-refractivity contribution in [1.82, 2.24) is 34.1 Å². The van der Waals surface area contributed by atoms with Crippen LogP contribution in [0.2, 0.25) is 0 Å². The summed E-state index contributed by atoms with van der Waals surface area (Å²) in [5.41, 5.74) is 8.31. The van der Waals surface area contributed by atoms with Crippen molar-refractivity contribution in [3.8, 4) is 34.7 Å². The fourth-order valence-electron chi connectivity index (χ4n) is 6.47. The summed E-state index contributed by atoms with van der Waals surface area (Å²) < 4.78 is 4.32. The lowest BCUT2D eigenvalue weighted by molar-refractivity contribution is 0.854. The van der Waals surface area contributed by atoms with E-state index in [1.807, 2.05) is 44.2 Å². The first kappa shape index (κ1) is 29.2. The third-order valence-corrected chi connectivity index (χ3v) is 8.68. The van der Waals surface area contributed by atoms with Crippen LogP contribution in [-0.4, -0.2) is 34.1 Å². The number of fused-ring (bicyclic) bond motifs is 6. The molecule has 1 aliphatic rings. The molecule has 0 unspecified atom stereocenters. The zero-order chi connectivity index (χ0) is 32.6. The van der Waals surface area contributed by atoms with Crippen LogP contribution in [0.15, 0.2) is 133 Å². The molecule has 0 radical (unpaired) electrons. The molecule has 1 aliphatic carbocycles. The van der Waals surface area contributed by atoms with Crippen molar-refractivity contribution in [2.45, 2.75) is 27.2 Å². The van der Waals surface area contributed by atoms with Crippen LogP contribution in [0.5, 0.6) is 0 Å². The quantitative estimate of drug-likeness (QED) is 0.195. The lowest BCUT2D eigenvalue weighted by Gasteiger charge is -2.13. The van der Waals surface area contributed by atoms with Gasteiger partial charge in [-0.15, -0.1) is 0 Å². The Balaban J connectivity index is 0.00000165. The third-order valence-electron chi connectivity index (χ3n) is 8.68. The van der Waals surface area contributed by atoms with Gasteiger partial charge >= 0.3 is 0 Å². The molecule has 4 heterocycles. The maximum atomic E-state index is 5.24. The van der Waals surface area contributed by atoms with Gasteiger partial charge in [-0.05, 0) is 25.1 Å². The smallest absolute Gasteiger partial charge is 0.240 e. The molecule has 4 aromatic carbocycles. The maximum Gasteiger partial charge on any atom is 0.240 e. The average molecular weight is 624 g/mol. The predicted molar refractivity (Wildman–Crippen MR) is 195 cm³/mol. The number of para-hydroxylation sites is 3. The topological polar surface area (TPSA) is 74.3 Å². The highest BCUT2D eigenvalue weighted by molar-refractivity contribution is 6.09. The fourth-order valence-corrected chi connectivity index (χ4v) is 6.47. The molecule has 0 saturated carbocycles. The summed E-state index contributed by atoms with van der Waals surface area (Å²) >= 11 is 0. The number of aromatic nitrogens is 7. The summed E-state index contributed by atoms with van der Waals surface area (Å²) in [6.45, 7) is 6.13. The number of benzene rings is 4. The molecule has 0 spiro atoms. The van der Waals surface area contributed by atoms with Crippen LogP contribution >= 0.6 is 0 Å². The molecule has 8 aromatic rings. The van der Waals surface area contributed by atoms with Crippen LogP contribution in [0.1, 0.15) is 32.0 Å². The fraction of sp³-hybridized carbons (Fsp3) is 0.0976. The molecule has 0 bridgehead atoms. The molecular weight excluding hydrogens is 591 g/mol. The number of hydrogen-bond donors (Lipinski definition) is 0. The lowest BCUT2D eigenvalue weighted by Crippen LogP contribution is -2.12. The molecule has 0 aliphatic heterocycles. The monoisotopic (exact) mass is 623 g/mol. The van der Waals surface area contributed by atoms with Crippen molar-refractivity contribution in [3.05, 3.63) is 145 Å². The summed E-state index contributed by atoms with van der Waals surface area (Å²) in [5.74, 6) is 2.24. The van der Waals surface area contributed by atoms with Gasteiger partial charge in [-0.3, -0.25) is 9.13 Å². The molecule has 4 aromatic heterocycles. The van der Waals surface area contributed by atoms with Gasteiger partial charge in [0.25, 0.3) is 0 Å². The van der Waals surface area contributed by atoms with Gasteiger partial charge < -0.3 is 0 Å². The summed E-state index contributed by atoms with van der Waals surface area (Å²) in [7, 11) is 0. The Morgan fingerprint density at radius 2 is 1.06 bits per heavy atom. The standard InChI is InChI=1S/C39H27N7.C2H6/c1-25-19-21-31-30-15-7-10-18-34(30)46(35(31)22-20-25)39-43-37(27-23-40-36(41-24-27)26-11-3-2-4-12-26)42-38(44-39)45-32-16-8-5-13-28(32)29-14-6-9-17-33(29)45;1-2/h2-21,23-24H,22H2,1H3;1-2H3. The highest BCUT2D eigenvalue weighted by Gasteiger charge is 2.22. The van der Waals surface area contributed by atoms with Crippen LogP contribution < -0.4 is 0 Å². The molecule has 0 N–H and O–H groups in total. The van der Waals surface area contributed by atoms with E-state index < -0.39 is 0 Å². The second-order valence-corrected chi connectivity index (χ2v) is 11.5. The normalized spacial score (nSPS) is 12.4. The molecule has 0 saturated heterocycles. The Morgan fingerprint density at radius 3 is 1.71 bits per heavy atom. The third kappa shape index (κ3) is 4.88. The summed E-state index contributed by atoms with van der Waals surface area (Å²) in [4.78, 5) is 24.9. The highest BCUT2D eigenvalue weighted by atomic mass is 15.3. The van der Waals surface area contributed by atoms with Crippen molar-refractivity contribution in [3.63, 3.8) is 0 Å². The molecule has 232 valence electrons. The summed E-state index contributed by atoms with van der Waals surface area (Å²) in [6, 6.07) is 35.2. The molecule has 0 amide bonds. The van der Waals surface area contributed by atoms with Crippen molar-refractivity contribution in [1.29, 1.82) is 0 Å². The molecular formula is C41H33N7. The molecule has 48 heavy (non-hydrogen) atoms. The molecule has 9 rings (SSSR count). The van der Waals surface area contributed by atoms with Crippen LogP contribution in [0.4, 0.5) is 0 Å². The van der Waals surface area contributed by atoms with Gasteiger partial charge in [0.1, 0.15) is 0 Å². The van der Waals surface area contributed by atoms with Gasteiger partial charge in [0.2, 0.25) is 11.9 Å². The summed E-state index contributed by atoms with van der Waals surface area (Å²) in [5, 5.41) is 3.44. The van der Waals surface area contributed by atoms with E-state index in [0.717, 1.165) is 50.4 Å².